The molecule has 1 aliphatic heterocycles. The van der Waals surface area contributed by atoms with Crippen molar-refractivity contribution in [1.82, 2.24) is 25.3 Å². The molecule has 1 aromatic carbocycles. The fourth-order valence-corrected chi connectivity index (χ4v) is 3.26. The molecule has 1 unspecified atom stereocenters. The van der Waals surface area contributed by atoms with Crippen molar-refractivity contribution in [2.75, 3.05) is 25.7 Å². The van der Waals surface area contributed by atoms with Crippen molar-refractivity contribution < 1.29 is 9.47 Å². The minimum Gasteiger partial charge on any atom is -0.497 e. The number of ether oxygens (including phenoxy) is 2. The van der Waals surface area contributed by atoms with Gasteiger partial charge in [-0.2, -0.15) is 0 Å². The van der Waals surface area contributed by atoms with Gasteiger partial charge < -0.3 is 14.4 Å². The second kappa shape index (κ2) is 5.95. The van der Waals surface area contributed by atoms with E-state index in [2.05, 4.69) is 25.5 Å². The Morgan fingerprint density at radius 2 is 2.04 bits per heavy atom. The lowest BCUT2D eigenvalue weighted by Crippen LogP contribution is -2.24. The number of methoxy groups -OCH3 is 2. The molecule has 2 aromatic heterocycles. The summed E-state index contributed by atoms with van der Waals surface area (Å²) in [6.45, 7) is 0.922. The van der Waals surface area contributed by atoms with E-state index < -0.39 is 0 Å². The van der Waals surface area contributed by atoms with Crippen LogP contribution >= 0.6 is 0 Å². The number of nitrogens with zero attached hydrogens (tertiary/aromatic N) is 6. The van der Waals surface area contributed by atoms with Gasteiger partial charge in [0.2, 0.25) is 0 Å². The Bertz CT molecular complexity index is 865. The normalized spacial score (nSPS) is 17.4. The highest BCUT2D eigenvalue weighted by atomic mass is 16.5. The van der Waals surface area contributed by atoms with Crippen LogP contribution in [0.1, 0.15) is 24.4 Å². The molecule has 8 heteroatoms. The third kappa shape index (κ3) is 2.40. The highest BCUT2D eigenvalue weighted by Crippen LogP contribution is 2.40. The van der Waals surface area contributed by atoms with Crippen LogP contribution in [0.2, 0.25) is 0 Å². The number of benzene rings is 1. The number of hydrogen-bond donors (Lipinski definition) is 0. The number of hydrogen-bond acceptors (Lipinski definition) is 7. The van der Waals surface area contributed by atoms with Crippen molar-refractivity contribution in [1.29, 1.82) is 0 Å². The van der Waals surface area contributed by atoms with Gasteiger partial charge in [-0.05, 0) is 53.6 Å². The molecule has 8 nitrogen and oxygen atoms in total. The first kappa shape index (κ1) is 14.7. The van der Waals surface area contributed by atoms with E-state index >= 15 is 0 Å². The number of fused-ring (bicyclic) bond motifs is 1. The number of anilines is 1. The van der Waals surface area contributed by atoms with E-state index in [0.717, 1.165) is 42.3 Å². The van der Waals surface area contributed by atoms with Crippen LogP contribution in [-0.2, 0) is 0 Å². The summed E-state index contributed by atoms with van der Waals surface area (Å²) in [4.78, 5) is 2.26. The predicted molar refractivity (Wildman–Crippen MR) is 87.4 cm³/mol. The quantitative estimate of drug-likeness (QED) is 0.724. The second-order valence-corrected chi connectivity index (χ2v) is 5.68. The molecule has 1 fully saturated rings. The molecule has 0 saturated carbocycles. The molecule has 0 bridgehead atoms. The van der Waals surface area contributed by atoms with E-state index in [9.17, 15) is 0 Å². The second-order valence-electron chi connectivity index (χ2n) is 5.68. The van der Waals surface area contributed by atoms with E-state index in [1.165, 1.54) is 4.63 Å². The zero-order valence-corrected chi connectivity index (χ0v) is 13.6. The molecule has 0 N–H and O–H groups in total. The maximum Gasteiger partial charge on any atom is 0.200 e. The van der Waals surface area contributed by atoms with Crippen LogP contribution in [0.5, 0.6) is 11.5 Å². The minimum absolute atomic E-state index is 0.177. The highest BCUT2D eigenvalue weighted by molar-refractivity contribution is 5.51. The number of tetrazole rings is 1. The van der Waals surface area contributed by atoms with Crippen molar-refractivity contribution in [3.8, 4) is 11.5 Å². The Morgan fingerprint density at radius 3 is 2.88 bits per heavy atom. The molecule has 124 valence electrons. The Kier molecular flexibility index (Phi) is 3.64. The van der Waals surface area contributed by atoms with E-state index in [1.807, 2.05) is 30.3 Å². The number of rotatable bonds is 4. The van der Waals surface area contributed by atoms with Crippen LogP contribution in [0.3, 0.4) is 0 Å². The largest absolute Gasteiger partial charge is 0.497 e. The summed E-state index contributed by atoms with van der Waals surface area (Å²) in [6, 6.07) is 9.90. The molecule has 4 rings (SSSR count). The Labute approximate surface area is 139 Å². The predicted octanol–water partition coefficient (Wildman–Crippen LogP) is 1.88. The van der Waals surface area contributed by atoms with Crippen molar-refractivity contribution in [2.45, 2.75) is 18.9 Å². The van der Waals surface area contributed by atoms with Gasteiger partial charge in [-0.25, -0.2) is 0 Å². The monoisotopic (exact) mass is 326 g/mol. The summed E-state index contributed by atoms with van der Waals surface area (Å²) in [7, 11) is 3.36. The molecule has 1 atom stereocenters. The highest BCUT2D eigenvalue weighted by Gasteiger charge is 2.30. The van der Waals surface area contributed by atoms with Crippen LogP contribution in [0.25, 0.3) is 5.65 Å². The SMILES string of the molecule is COc1ccc(OC)c(C2CCCN2c2ccc3nnnn3n2)c1. The van der Waals surface area contributed by atoms with E-state index in [4.69, 9.17) is 9.47 Å². The van der Waals surface area contributed by atoms with Crippen LogP contribution in [0.15, 0.2) is 30.3 Å². The van der Waals surface area contributed by atoms with Crippen molar-refractivity contribution in [2.24, 2.45) is 0 Å². The van der Waals surface area contributed by atoms with Crippen LogP contribution in [0.4, 0.5) is 5.82 Å². The van der Waals surface area contributed by atoms with Gasteiger partial charge in [-0.15, -0.1) is 14.8 Å². The topological polar surface area (TPSA) is 77.7 Å². The lowest BCUT2D eigenvalue weighted by molar-refractivity contribution is 0.395. The smallest absolute Gasteiger partial charge is 0.200 e. The molecule has 1 saturated heterocycles. The van der Waals surface area contributed by atoms with Crippen molar-refractivity contribution in [3.63, 3.8) is 0 Å². The van der Waals surface area contributed by atoms with Crippen LogP contribution < -0.4 is 14.4 Å². The summed E-state index contributed by atoms with van der Waals surface area (Å²) < 4.78 is 12.4. The lowest BCUT2D eigenvalue weighted by atomic mass is 10.0. The first-order chi connectivity index (χ1) is 11.8. The van der Waals surface area contributed by atoms with E-state index in [1.54, 1.807) is 14.2 Å². The van der Waals surface area contributed by atoms with Crippen LogP contribution in [-0.4, -0.2) is 46.0 Å². The first-order valence-corrected chi connectivity index (χ1v) is 7.84. The lowest BCUT2D eigenvalue weighted by Gasteiger charge is -2.27. The standard InChI is InChI=1S/C16H18N6O2/c1-23-11-5-6-14(24-2)12(10-11)13-4-3-9-21(13)16-8-7-15-17-19-20-22(15)18-16/h5-8,10,13H,3-4,9H2,1-2H3. The van der Waals surface area contributed by atoms with Crippen molar-refractivity contribution in [3.05, 3.63) is 35.9 Å². The third-order valence-corrected chi connectivity index (χ3v) is 4.40. The molecule has 3 aromatic rings. The van der Waals surface area contributed by atoms with Gasteiger partial charge in [0, 0.05) is 12.1 Å². The maximum atomic E-state index is 5.56. The fourth-order valence-electron chi connectivity index (χ4n) is 3.26. The molecule has 0 aliphatic carbocycles. The Morgan fingerprint density at radius 1 is 1.12 bits per heavy atom. The molecule has 1 aliphatic rings. The fraction of sp³-hybridized carbons (Fsp3) is 0.375. The first-order valence-electron chi connectivity index (χ1n) is 7.84. The van der Waals surface area contributed by atoms with Gasteiger partial charge in [0.05, 0.1) is 20.3 Å². The Hall–Kier alpha value is -2.90. The zero-order valence-electron chi connectivity index (χ0n) is 13.6. The molecular formula is C16H18N6O2. The minimum atomic E-state index is 0.177. The van der Waals surface area contributed by atoms with Gasteiger partial charge in [-0.1, -0.05) is 0 Å². The molecule has 3 heterocycles. The molecule has 0 spiro atoms. The van der Waals surface area contributed by atoms with E-state index in [-0.39, 0.29) is 6.04 Å². The summed E-state index contributed by atoms with van der Waals surface area (Å²) in [5, 5.41) is 15.9. The van der Waals surface area contributed by atoms with Crippen molar-refractivity contribution >= 4 is 11.5 Å². The Balaban J connectivity index is 1.74. The average Bonchev–Trinajstić information content (AvgIpc) is 3.29. The van der Waals surface area contributed by atoms with Gasteiger partial charge in [0.15, 0.2) is 11.5 Å². The van der Waals surface area contributed by atoms with Gasteiger partial charge in [0.1, 0.15) is 11.5 Å². The molecular weight excluding hydrogens is 308 g/mol. The summed E-state index contributed by atoms with van der Waals surface area (Å²) >= 11 is 0. The van der Waals surface area contributed by atoms with Gasteiger partial charge >= 0.3 is 0 Å². The molecule has 0 radical (unpaired) electrons. The summed E-state index contributed by atoms with van der Waals surface area (Å²) in [5.74, 6) is 2.53. The molecule has 24 heavy (non-hydrogen) atoms. The molecule has 0 amide bonds. The average molecular weight is 326 g/mol. The summed E-state index contributed by atoms with van der Waals surface area (Å²) in [5.41, 5.74) is 1.74. The van der Waals surface area contributed by atoms with Gasteiger partial charge in [-0.3, -0.25) is 0 Å². The maximum absolute atomic E-state index is 5.56. The summed E-state index contributed by atoms with van der Waals surface area (Å²) in [6.07, 6.45) is 2.11. The zero-order chi connectivity index (χ0) is 16.5. The van der Waals surface area contributed by atoms with Gasteiger partial charge in [0.25, 0.3) is 0 Å². The van der Waals surface area contributed by atoms with Crippen LogP contribution in [0, 0.1) is 0 Å². The number of aromatic nitrogens is 5. The third-order valence-electron chi connectivity index (χ3n) is 4.40. The van der Waals surface area contributed by atoms with E-state index in [0.29, 0.717) is 5.65 Å².